The standard InChI is InChI=1S/C30H25N5O2S/c1-21-6-14-27(15-7-21)38(36,37)34-26-12-8-22(9-13-26)19-32-29-30-33-28(20-35(30)17-16-31-29)25-11-10-23-4-2-3-5-24(23)18-25/h2-18,20,34H,19H2,1H3,(H,31,32). The van der Waals surface area contributed by atoms with Crippen molar-refractivity contribution in [1.82, 2.24) is 14.4 Å². The van der Waals surface area contributed by atoms with Gasteiger partial charge in [0.2, 0.25) is 0 Å². The number of sulfonamides is 1. The topological polar surface area (TPSA) is 88.4 Å². The van der Waals surface area contributed by atoms with E-state index in [2.05, 4.69) is 45.4 Å². The SMILES string of the molecule is Cc1ccc(S(=O)(=O)Nc2ccc(CNc3nccn4cc(-c5ccc6ccccc6c5)nc34)cc2)cc1. The number of anilines is 2. The van der Waals surface area contributed by atoms with Crippen LogP contribution < -0.4 is 10.0 Å². The number of benzene rings is 4. The summed E-state index contributed by atoms with van der Waals surface area (Å²) in [5.74, 6) is 0.670. The van der Waals surface area contributed by atoms with Crippen LogP contribution in [0.2, 0.25) is 0 Å². The molecule has 4 aromatic carbocycles. The lowest BCUT2D eigenvalue weighted by Gasteiger charge is -2.10. The van der Waals surface area contributed by atoms with Crippen LogP contribution in [0.3, 0.4) is 0 Å². The molecule has 2 N–H and O–H groups in total. The molecule has 6 aromatic rings. The quantitative estimate of drug-likeness (QED) is 0.260. The lowest BCUT2D eigenvalue weighted by Crippen LogP contribution is -2.13. The van der Waals surface area contributed by atoms with Crippen molar-refractivity contribution in [2.45, 2.75) is 18.4 Å². The summed E-state index contributed by atoms with van der Waals surface area (Å²) in [6.45, 7) is 2.43. The number of nitrogens with one attached hydrogen (secondary N) is 2. The van der Waals surface area contributed by atoms with E-state index < -0.39 is 10.0 Å². The number of nitrogens with zero attached hydrogens (tertiary/aromatic N) is 3. The number of hydrogen-bond acceptors (Lipinski definition) is 5. The molecule has 0 atom stereocenters. The molecule has 38 heavy (non-hydrogen) atoms. The first-order chi connectivity index (χ1) is 18.4. The van der Waals surface area contributed by atoms with Crippen molar-refractivity contribution in [2.75, 3.05) is 10.0 Å². The zero-order valence-electron chi connectivity index (χ0n) is 20.7. The Kier molecular flexibility index (Phi) is 6.01. The Hall–Kier alpha value is -4.69. The normalized spacial score (nSPS) is 11.6. The van der Waals surface area contributed by atoms with Gasteiger partial charge in [-0.05, 0) is 53.6 Å². The van der Waals surface area contributed by atoms with E-state index in [0.29, 0.717) is 18.1 Å². The highest BCUT2D eigenvalue weighted by molar-refractivity contribution is 7.92. The summed E-state index contributed by atoms with van der Waals surface area (Å²) in [7, 11) is -3.64. The van der Waals surface area contributed by atoms with Crippen LogP contribution in [0.4, 0.5) is 11.5 Å². The van der Waals surface area contributed by atoms with Crippen molar-refractivity contribution in [3.63, 3.8) is 0 Å². The Balaban J connectivity index is 1.17. The maximum atomic E-state index is 12.7. The minimum absolute atomic E-state index is 0.232. The second-order valence-electron chi connectivity index (χ2n) is 9.16. The first kappa shape index (κ1) is 23.7. The van der Waals surface area contributed by atoms with Gasteiger partial charge in [0, 0.05) is 36.4 Å². The van der Waals surface area contributed by atoms with E-state index in [9.17, 15) is 8.42 Å². The van der Waals surface area contributed by atoms with Crippen molar-refractivity contribution in [2.24, 2.45) is 0 Å². The molecule has 0 aliphatic rings. The average Bonchev–Trinajstić information content (AvgIpc) is 3.38. The monoisotopic (exact) mass is 519 g/mol. The Labute approximate surface area is 220 Å². The minimum Gasteiger partial charge on any atom is -0.363 e. The van der Waals surface area contributed by atoms with E-state index in [1.54, 1.807) is 42.6 Å². The van der Waals surface area contributed by atoms with Gasteiger partial charge in [-0.2, -0.15) is 0 Å². The highest BCUT2D eigenvalue weighted by Gasteiger charge is 2.14. The van der Waals surface area contributed by atoms with Crippen molar-refractivity contribution in [3.8, 4) is 11.3 Å². The summed E-state index contributed by atoms with van der Waals surface area (Å²) in [5.41, 5.74) is 5.14. The van der Waals surface area contributed by atoms with Gasteiger partial charge < -0.3 is 9.72 Å². The number of aryl methyl sites for hydroxylation is 1. The molecule has 0 aliphatic carbocycles. The molecule has 8 heteroatoms. The molecule has 188 valence electrons. The van der Waals surface area contributed by atoms with Crippen LogP contribution in [-0.4, -0.2) is 22.8 Å². The zero-order valence-corrected chi connectivity index (χ0v) is 21.5. The van der Waals surface area contributed by atoms with Crippen LogP contribution >= 0.6 is 0 Å². The predicted octanol–water partition coefficient (Wildman–Crippen LogP) is 6.27. The highest BCUT2D eigenvalue weighted by atomic mass is 32.2. The van der Waals surface area contributed by atoms with E-state index in [0.717, 1.165) is 28.0 Å². The van der Waals surface area contributed by atoms with E-state index in [1.165, 1.54) is 10.8 Å². The molecule has 0 fully saturated rings. The third-order valence-electron chi connectivity index (χ3n) is 6.42. The summed E-state index contributed by atoms with van der Waals surface area (Å²) >= 11 is 0. The molecule has 0 saturated heterocycles. The average molecular weight is 520 g/mol. The van der Waals surface area contributed by atoms with E-state index in [4.69, 9.17) is 4.98 Å². The second-order valence-corrected chi connectivity index (χ2v) is 10.8. The summed E-state index contributed by atoms with van der Waals surface area (Å²) < 4.78 is 29.9. The number of imidazole rings is 1. The van der Waals surface area contributed by atoms with Gasteiger partial charge in [0.1, 0.15) is 0 Å². The van der Waals surface area contributed by atoms with Gasteiger partial charge in [0.15, 0.2) is 11.5 Å². The van der Waals surface area contributed by atoms with E-state index in [-0.39, 0.29) is 4.90 Å². The summed E-state index contributed by atoms with van der Waals surface area (Å²) in [4.78, 5) is 9.58. The fourth-order valence-corrected chi connectivity index (χ4v) is 5.40. The molecule has 0 radical (unpaired) electrons. The third kappa shape index (κ3) is 4.81. The molecule has 0 amide bonds. The third-order valence-corrected chi connectivity index (χ3v) is 7.81. The van der Waals surface area contributed by atoms with Gasteiger partial charge in [0.05, 0.1) is 10.6 Å². The fraction of sp³-hybridized carbons (Fsp3) is 0.0667. The Bertz CT molecular complexity index is 1860. The molecular formula is C30H25N5O2S. The van der Waals surface area contributed by atoms with Gasteiger partial charge >= 0.3 is 0 Å². The smallest absolute Gasteiger partial charge is 0.261 e. The van der Waals surface area contributed by atoms with Crippen LogP contribution in [0, 0.1) is 6.92 Å². The van der Waals surface area contributed by atoms with Crippen molar-refractivity contribution >= 4 is 37.9 Å². The summed E-state index contributed by atoms with van der Waals surface area (Å²) in [6, 6.07) is 28.6. The predicted molar refractivity (Wildman–Crippen MR) is 152 cm³/mol. The molecule has 0 aliphatic heterocycles. The summed E-state index contributed by atoms with van der Waals surface area (Å²) in [5, 5.41) is 5.73. The van der Waals surface area contributed by atoms with E-state index in [1.807, 2.05) is 48.0 Å². The molecular weight excluding hydrogens is 494 g/mol. The zero-order chi connectivity index (χ0) is 26.1. The van der Waals surface area contributed by atoms with Crippen LogP contribution in [0.1, 0.15) is 11.1 Å². The first-order valence-electron chi connectivity index (χ1n) is 12.2. The Morgan fingerprint density at radius 1 is 0.868 bits per heavy atom. The minimum atomic E-state index is -3.64. The molecule has 2 aromatic heterocycles. The first-order valence-corrected chi connectivity index (χ1v) is 13.7. The van der Waals surface area contributed by atoms with Crippen molar-refractivity contribution in [3.05, 3.63) is 121 Å². The summed E-state index contributed by atoms with van der Waals surface area (Å²) in [6.07, 6.45) is 5.62. The van der Waals surface area contributed by atoms with Gasteiger partial charge in [-0.3, -0.25) is 4.72 Å². The van der Waals surface area contributed by atoms with Crippen LogP contribution in [-0.2, 0) is 16.6 Å². The lowest BCUT2D eigenvalue weighted by atomic mass is 10.1. The van der Waals surface area contributed by atoms with E-state index >= 15 is 0 Å². The Morgan fingerprint density at radius 3 is 2.42 bits per heavy atom. The van der Waals surface area contributed by atoms with Crippen LogP contribution in [0.5, 0.6) is 0 Å². The highest BCUT2D eigenvalue weighted by Crippen LogP contribution is 2.26. The Morgan fingerprint density at radius 2 is 1.63 bits per heavy atom. The second kappa shape index (κ2) is 9.64. The number of hydrogen-bond donors (Lipinski definition) is 2. The van der Waals surface area contributed by atoms with Crippen molar-refractivity contribution in [1.29, 1.82) is 0 Å². The number of rotatable bonds is 7. The maximum absolute atomic E-state index is 12.7. The van der Waals surface area contributed by atoms with Gasteiger partial charge in [-0.15, -0.1) is 0 Å². The molecule has 0 saturated carbocycles. The molecule has 2 heterocycles. The molecule has 0 unspecified atom stereocenters. The fourth-order valence-electron chi connectivity index (χ4n) is 4.34. The molecule has 0 spiro atoms. The molecule has 0 bridgehead atoms. The maximum Gasteiger partial charge on any atom is 0.261 e. The molecule has 6 rings (SSSR count). The lowest BCUT2D eigenvalue weighted by molar-refractivity contribution is 0.601. The number of fused-ring (bicyclic) bond motifs is 2. The van der Waals surface area contributed by atoms with Crippen LogP contribution in [0.15, 0.2) is 114 Å². The largest absolute Gasteiger partial charge is 0.363 e. The van der Waals surface area contributed by atoms with Gasteiger partial charge in [0.25, 0.3) is 10.0 Å². The van der Waals surface area contributed by atoms with Crippen LogP contribution in [0.25, 0.3) is 27.7 Å². The van der Waals surface area contributed by atoms with Gasteiger partial charge in [-0.25, -0.2) is 18.4 Å². The van der Waals surface area contributed by atoms with Gasteiger partial charge in [-0.1, -0.05) is 66.2 Å². The molecule has 7 nitrogen and oxygen atoms in total. The number of aromatic nitrogens is 3. The van der Waals surface area contributed by atoms with Crippen molar-refractivity contribution < 1.29 is 8.42 Å².